The Balaban J connectivity index is 1.84. The number of pyridine rings is 1. The van der Waals surface area contributed by atoms with Gasteiger partial charge in [-0.1, -0.05) is 17.7 Å². The van der Waals surface area contributed by atoms with E-state index in [-0.39, 0.29) is 5.91 Å². The molecule has 0 spiro atoms. The molecule has 0 bridgehead atoms. The Kier molecular flexibility index (Phi) is 3.32. The molecule has 0 atom stereocenters. The maximum atomic E-state index is 12.5. The fourth-order valence-corrected chi connectivity index (χ4v) is 2.56. The Hall–Kier alpha value is -2.07. The molecule has 1 aromatic carbocycles. The third-order valence-corrected chi connectivity index (χ3v) is 3.83. The summed E-state index contributed by atoms with van der Waals surface area (Å²) in [6, 6.07) is 8.90. The highest BCUT2D eigenvalue weighted by molar-refractivity contribution is 6.33. The van der Waals surface area contributed by atoms with Crippen LogP contribution < -0.4 is 5.73 Å². The van der Waals surface area contributed by atoms with Crippen LogP contribution in [0.1, 0.15) is 21.6 Å². The van der Waals surface area contributed by atoms with Gasteiger partial charge in [-0.25, -0.2) is 0 Å². The first kappa shape index (κ1) is 12.9. The van der Waals surface area contributed by atoms with E-state index >= 15 is 0 Å². The number of carbonyl (C=O) groups excluding carboxylic acids is 1. The number of rotatable bonds is 1. The monoisotopic (exact) mass is 287 g/mol. The van der Waals surface area contributed by atoms with Crippen LogP contribution in [0.3, 0.4) is 0 Å². The maximum Gasteiger partial charge on any atom is 0.254 e. The summed E-state index contributed by atoms with van der Waals surface area (Å²) < 4.78 is 0. The van der Waals surface area contributed by atoms with Crippen molar-refractivity contribution in [1.29, 1.82) is 0 Å². The van der Waals surface area contributed by atoms with Gasteiger partial charge >= 0.3 is 0 Å². The third kappa shape index (κ3) is 2.34. The lowest BCUT2D eigenvalue weighted by Gasteiger charge is -2.28. The van der Waals surface area contributed by atoms with E-state index in [4.69, 9.17) is 17.3 Å². The molecule has 0 saturated carbocycles. The number of amides is 1. The van der Waals surface area contributed by atoms with Gasteiger partial charge in [0.05, 0.1) is 10.7 Å². The van der Waals surface area contributed by atoms with Gasteiger partial charge in [-0.15, -0.1) is 0 Å². The number of aromatic nitrogens is 1. The summed E-state index contributed by atoms with van der Waals surface area (Å²) in [4.78, 5) is 18.6. The smallest absolute Gasteiger partial charge is 0.254 e. The van der Waals surface area contributed by atoms with Crippen molar-refractivity contribution in [3.63, 3.8) is 0 Å². The van der Waals surface area contributed by atoms with E-state index in [0.29, 0.717) is 29.4 Å². The number of nitrogens with zero attached hydrogens (tertiary/aromatic N) is 2. The van der Waals surface area contributed by atoms with Gasteiger partial charge in [0.2, 0.25) is 0 Å². The Morgan fingerprint density at radius 3 is 3.00 bits per heavy atom. The van der Waals surface area contributed by atoms with Crippen LogP contribution in [0.4, 0.5) is 5.69 Å². The largest absolute Gasteiger partial charge is 0.398 e. The number of anilines is 1. The van der Waals surface area contributed by atoms with Gasteiger partial charge in [-0.3, -0.25) is 9.78 Å². The predicted molar refractivity (Wildman–Crippen MR) is 78.5 cm³/mol. The fourth-order valence-electron chi connectivity index (χ4n) is 2.38. The van der Waals surface area contributed by atoms with E-state index in [1.165, 1.54) is 0 Å². The minimum Gasteiger partial charge on any atom is -0.398 e. The van der Waals surface area contributed by atoms with Crippen molar-refractivity contribution in [2.45, 2.75) is 13.0 Å². The van der Waals surface area contributed by atoms with Gasteiger partial charge < -0.3 is 10.6 Å². The van der Waals surface area contributed by atoms with Gasteiger partial charge in [-0.2, -0.15) is 0 Å². The normalized spacial score (nSPS) is 13.9. The molecule has 1 aliphatic heterocycles. The average Bonchev–Trinajstić information content (AvgIpc) is 2.49. The van der Waals surface area contributed by atoms with Crippen LogP contribution in [-0.2, 0) is 13.0 Å². The van der Waals surface area contributed by atoms with Crippen LogP contribution in [0.2, 0.25) is 5.02 Å². The molecule has 3 rings (SSSR count). The van der Waals surface area contributed by atoms with Gasteiger partial charge in [-0.05, 0) is 29.8 Å². The summed E-state index contributed by atoms with van der Waals surface area (Å²) >= 11 is 5.97. The molecule has 0 aliphatic carbocycles. The Bertz CT molecular complexity index is 672. The van der Waals surface area contributed by atoms with Gasteiger partial charge in [0.1, 0.15) is 0 Å². The number of hydrogen-bond donors (Lipinski definition) is 1. The Labute approximate surface area is 122 Å². The molecule has 2 N–H and O–H groups in total. The molecule has 20 heavy (non-hydrogen) atoms. The minimum absolute atomic E-state index is 0.0265. The molecule has 5 heteroatoms. The summed E-state index contributed by atoms with van der Waals surface area (Å²) in [6.07, 6.45) is 2.57. The molecule has 0 fully saturated rings. The highest BCUT2D eigenvalue weighted by Gasteiger charge is 2.22. The molecule has 2 heterocycles. The van der Waals surface area contributed by atoms with Gasteiger partial charge in [0.25, 0.3) is 5.91 Å². The highest BCUT2D eigenvalue weighted by atomic mass is 35.5. The number of halogens is 1. The second-order valence-electron chi connectivity index (χ2n) is 4.82. The second-order valence-corrected chi connectivity index (χ2v) is 5.23. The van der Waals surface area contributed by atoms with E-state index in [0.717, 1.165) is 17.7 Å². The average molecular weight is 288 g/mol. The molecular formula is C15H14ClN3O. The molecular weight excluding hydrogens is 274 g/mol. The zero-order chi connectivity index (χ0) is 14.1. The van der Waals surface area contributed by atoms with Crippen molar-refractivity contribution in [2.75, 3.05) is 12.3 Å². The molecule has 0 radical (unpaired) electrons. The molecule has 0 saturated heterocycles. The number of benzene rings is 1. The van der Waals surface area contributed by atoms with Crippen molar-refractivity contribution < 1.29 is 4.79 Å². The summed E-state index contributed by atoms with van der Waals surface area (Å²) in [5, 5.41) is 0.412. The van der Waals surface area contributed by atoms with Gasteiger partial charge in [0.15, 0.2) is 0 Å². The number of nitrogen functional groups attached to an aromatic ring is 1. The van der Waals surface area contributed by atoms with E-state index in [9.17, 15) is 4.79 Å². The molecule has 2 aromatic rings. The lowest BCUT2D eigenvalue weighted by Crippen LogP contribution is -2.36. The first-order valence-electron chi connectivity index (χ1n) is 6.42. The molecule has 1 aromatic heterocycles. The zero-order valence-corrected chi connectivity index (χ0v) is 11.6. The number of fused-ring (bicyclic) bond motifs is 1. The first-order valence-corrected chi connectivity index (χ1v) is 6.80. The standard InChI is InChI=1S/C15H14ClN3O/c16-12-8-10(3-4-13(12)17)15(20)19-7-5-14-11(9-19)2-1-6-18-14/h1-4,6,8H,5,7,9,17H2. The quantitative estimate of drug-likeness (QED) is 0.820. The minimum atomic E-state index is -0.0265. The molecule has 1 amide bonds. The van der Waals surface area contributed by atoms with Crippen LogP contribution >= 0.6 is 11.6 Å². The number of carbonyl (C=O) groups is 1. The van der Waals surface area contributed by atoms with Crippen LogP contribution in [-0.4, -0.2) is 22.3 Å². The molecule has 4 nitrogen and oxygen atoms in total. The first-order chi connectivity index (χ1) is 9.65. The maximum absolute atomic E-state index is 12.5. The summed E-state index contributed by atoms with van der Waals surface area (Å²) in [5.41, 5.74) is 8.90. The summed E-state index contributed by atoms with van der Waals surface area (Å²) in [5.74, 6) is -0.0265. The number of hydrogen-bond acceptors (Lipinski definition) is 3. The molecule has 1 aliphatic rings. The lowest BCUT2D eigenvalue weighted by molar-refractivity contribution is 0.0733. The van der Waals surface area contributed by atoms with Crippen molar-refractivity contribution >= 4 is 23.2 Å². The van der Waals surface area contributed by atoms with E-state index in [2.05, 4.69) is 4.98 Å². The van der Waals surface area contributed by atoms with E-state index in [1.54, 1.807) is 24.4 Å². The molecule has 102 valence electrons. The Morgan fingerprint density at radius 1 is 1.35 bits per heavy atom. The van der Waals surface area contributed by atoms with Crippen molar-refractivity contribution in [3.8, 4) is 0 Å². The van der Waals surface area contributed by atoms with E-state index < -0.39 is 0 Å². The summed E-state index contributed by atoms with van der Waals surface area (Å²) in [7, 11) is 0. The fraction of sp³-hybridized carbons (Fsp3) is 0.200. The summed E-state index contributed by atoms with van der Waals surface area (Å²) in [6.45, 7) is 1.26. The van der Waals surface area contributed by atoms with Crippen LogP contribution in [0, 0.1) is 0 Å². The van der Waals surface area contributed by atoms with E-state index in [1.807, 2.05) is 17.0 Å². The second kappa shape index (κ2) is 5.13. The Morgan fingerprint density at radius 2 is 2.20 bits per heavy atom. The zero-order valence-electron chi connectivity index (χ0n) is 10.8. The van der Waals surface area contributed by atoms with Gasteiger partial charge in [0, 0.05) is 37.0 Å². The van der Waals surface area contributed by atoms with Crippen LogP contribution in [0.15, 0.2) is 36.5 Å². The van der Waals surface area contributed by atoms with Crippen molar-refractivity contribution in [2.24, 2.45) is 0 Å². The molecule has 0 unspecified atom stereocenters. The lowest BCUT2D eigenvalue weighted by atomic mass is 10.0. The highest BCUT2D eigenvalue weighted by Crippen LogP contribution is 2.23. The van der Waals surface area contributed by atoms with Crippen LogP contribution in [0.5, 0.6) is 0 Å². The van der Waals surface area contributed by atoms with Crippen LogP contribution in [0.25, 0.3) is 0 Å². The topological polar surface area (TPSA) is 59.2 Å². The van der Waals surface area contributed by atoms with Crippen molar-refractivity contribution in [1.82, 2.24) is 9.88 Å². The predicted octanol–water partition coefficient (Wildman–Crippen LogP) is 2.52. The number of nitrogens with two attached hydrogens (primary N) is 1. The van der Waals surface area contributed by atoms with Crippen molar-refractivity contribution in [3.05, 3.63) is 58.4 Å². The third-order valence-electron chi connectivity index (χ3n) is 3.50. The SMILES string of the molecule is Nc1ccc(C(=O)N2CCc3ncccc3C2)cc1Cl.